The predicted molar refractivity (Wildman–Crippen MR) is 103 cm³/mol. The highest BCUT2D eigenvalue weighted by atomic mass is 35.5. The van der Waals surface area contributed by atoms with Crippen LogP contribution in [0.5, 0.6) is 0 Å². The van der Waals surface area contributed by atoms with Crippen molar-refractivity contribution in [2.24, 2.45) is 0 Å². The van der Waals surface area contributed by atoms with Gasteiger partial charge in [-0.25, -0.2) is 15.0 Å². The lowest BCUT2D eigenvalue weighted by Crippen LogP contribution is -1.92. The van der Waals surface area contributed by atoms with Crippen LogP contribution in [0.2, 0.25) is 5.02 Å². The topological polar surface area (TPSA) is 64.7 Å². The Morgan fingerprint density at radius 1 is 1.00 bits per heavy atom. The molecule has 1 aromatic carbocycles. The highest BCUT2D eigenvalue weighted by Gasteiger charge is 2.05. The Labute approximate surface area is 151 Å². The van der Waals surface area contributed by atoms with Gasteiger partial charge < -0.3 is 5.73 Å². The van der Waals surface area contributed by atoms with Gasteiger partial charge in [0.15, 0.2) is 0 Å². The molecule has 0 atom stereocenters. The van der Waals surface area contributed by atoms with Gasteiger partial charge in [0.25, 0.3) is 0 Å². The Morgan fingerprint density at radius 2 is 1.83 bits per heavy atom. The third-order valence-corrected chi connectivity index (χ3v) is 5.75. The molecule has 4 rings (SSSR count). The van der Waals surface area contributed by atoms with Crippen molar-refractivity contribution in [1.29, 1.82) is 0 Å². The minimum absolute atomic E-state index is 0.282. The minimum atomic E-state index is 0.282. The van der Waals surface area contributed by atoms with Crippen LogP contribution in [0.15, 0.2) is 42.7 Å². The van der Waals surface area contributed by atoms with Crippen LogP contribution in [-0.4, -0.2) is 15.0 Å². The van der Waals surface area contributed by atoms with Crippen LogP contribution in [0.3, 0.4) is 0 Å². The highest BCUT2D eigenvalue weighted by Crippen LogP contribution is 2.31. The molecular formula is C17H11ClN4S2. The Kier molecular flexibility index (Phi) is 4.02. The number of nitrogen functional groups attached to an aromatic ring is 1. The lowest BCUT2D eigenvalue weighted by molar-refractivity contribution is 1.19. The minimum Gasteiger partial charge on any atom is -0.368 e. The summed E-state index contributed by atoms with van der Waals surface area (Å²) in [6.45, 7) is 0. The second-order valence-corrected chi connectivity index (χ2v) is 7.59. The SMILES string of the molecule is Nc1ncc(-c2ccc(C=Cc3nc4c(Cl)cccc4s3)s2)cn1. The summed E-state index contributed by atoms with van der Waals surface area (Å²) in [6.07, 6.45) is 7.53. The molecule has 0 amide bonds. The molecule has 0 unspecified atom stereocenters. The van der Waals surface area contributed by atoms with Crippen molar-refractivity contribution in [1.82, 2.24) is 15.0 Å². The molecule has 0 saturated heterocycles. The van der Waals surface area contributed by atoms with Gasteiger partial charge in [0.1, 0.15) is 10.5 Å². The summed E-state index contributed by atoms with van der Waals surface area (Å²) in [5.74, 6) is 0.282. The van der Waals surface area contributed by atoms with Gasteiger partial charge in [0.2, 0.25) is 5.95 Å². The van der Waals surface area contributed by atoms with Crippen molar-refractivity contribution in [3.05, 3.63) is 57.6 Å². The zero-order chi connectivity index (χ0) is 16.5. The Bertz CT molecular complexity index is 1030. The Balaban J connectivity index is 1.59. The lowest BCUT2D eigenvalue weighted by Gasteiger charge is -1.95. The number of thiazole rings is 1. The molecule has 0 spiro atoms. The zero-order valence-electron chi connectivity index (χ0n) is 12.3. The molecule has 0 bridgehead atoms. The first-order valence-corrected chi connectivity index (χ1v) is 9.11. The largest absolute Gasteiger partial charge is 0.368 e. The second kappa shape index (κ2) is 6.32. The molecule has 4 aromatic rings. The molecule has 118 valence electrons. The molecule has 0 aliphatic heterocycles. The number of benzene rings is 1. The van der Waals surface area contributed by atoms with E-state index in [1.54, 1.807) is 35.1 Å². The summed E-state index contributed by atoms with van der Waals surface area (Å²) >= 11 is 9.46. The third-order valence-electron chi connectivity index (χ3n) is 3.36. The number of aromatic nitrogens is 3. The first-order valence-electron chi connectivity index (χ1n) is 7.10. The summed E-state index contributed by atoms with van der Waals surface area (Å²) < 4.78 is 1.09. The average molecular weight is 371 g/mol. The van der Waals surface area contributed by atoms with Crippen LogP contribution in [0.4, 0.5) is 5.95 Å². The zero-order valence-corrected chi connectivity index (χ0v) is 14.7. The molecule has 0 radical (unpaired) electrons. The van der Waals surface area contributed by atoms with Crippen molar-refractivity contribution >= 4 is 62.6 Å². The molecule has 3 heterocycles. The van der Waals surface area contributed by atoms with E-state index >= 15 is 0 Å². The van der Waals surface area contributed by atoms with Gasteiger partial charge in [0, 0.05) is 27.7 Å². The number of thiophene rings is 1. The van der Waals surface area contributed by atoms with Crippen molar-refractivity contribution in [2.45, 2.75) is 0 Å². The van der Waals surface area contributed by atoms with E-state index < -0.39 is 0 Å². The molecule has 0 aliphatic rings. The fraction of sp³-hybridized carbons (Fsp3) is 0. The fourth-order valence-corrected chi connectivity index (χ4v) is 4.28. The molecule has 7 heteroatoms. The summed E-state index contributed by atoms with van der Waals surface area (Å²) in [4.78, 5) is 14.9. The van der Waals surface area contributed by atoms with E-state index in [1.807, 2.05) is 24.3 Å². The number of rotatable bonds is 3. The van der Waals surface area contributed by atoms with Crippen LogP contribution in [-0.2, 0) is 0 Å². The Hall–Kier alpha value is -2.28. The van der Waals surface area contributed by atoms with Crippen molar-refractivity contribution in [3.63, 3.8) is 0 Å². The van der Waals surface area contributed by atoms with E-state index in [1.165, 1.54) is 0 Å². The van der Waals surface area contributed by atoms with Crippen molar-refractivity contribution in [3.8, 4) is 10.4 Å². The maximum Gasteiger partial charge on any atom is 0.219 e. The van der Waals surface area contributed by atoms with Gasteiger partial charge in [-0.05, 0) is 36.4 Å². The molecule has 2 N–H and O–H groups in total. The van der Waals surface area contributed by atoms with Crippen molar-refractivity contribution < 1.29 is 0 Å². The maximum atomic E-state index is 6.17. The number of hydrogen-bond acceptors (Lipinski definition) is 6. The normalized spacial score (nSPS) is 11.5. The van der Waals surface area contributed by atoms with Crippen LogP contribution in [0.1, 0.15) is 9.88 Å². The quantitative estimate of drug-likeness (QED) is 0.536. The van der Waals surface area contributed by atoms with Gasteiger partial charge in [-0.2, -0.15) is 0 Å². The van der Waals surface area contributed by atoms with E-state index in [0.717, 1.165) is 30.5 Å². The predicted octanol–water partition coefficient (Wildman–Crippen LogP) is 5.22. The van der Waals surface area contributed by atoms with Gasteiger partial charge in [-0.15, -0.1) is 22.7 Å². The van der Waals surface area contributed by atoms with Gasteiger partial charge >= 0.3 is 0 Å². The molecule has 4 nitrogen and oxygen atoms in total. The first-order chi connectivity index (χ1) is 11.7. The monoisotopic (exact) mass is 370 g/mol. The number of halogens is 1. The van der Waals surface area contributed by atoms with Crippen LogP contribution < -0.4 is 5.73 Å². The van der Waals surface area contributed by atoms with Crippen LogP contribution >= 0.6 is 34.3 Å². The highest BCUT2D eigenvalue weighted by molar-refractivity contribution is 7.19. The van der Waals surface area contributed by atoms with Crippen LogP contribution in [0, 0.1) is 0 Å². The molecular weight excluding hydrogens is 360 g/mol. The number of nitrogens with two attached hydrogens (primary N) is 1. The van der Waals surface area contributed by atoms with Gasteiger partial charge in [-0.3, -0.25) is 0 Å². The molecule has 0 saturated carbocycles. The average Bonchev–Trinajstić information content (AvgIpc) is 3.21. The van der Waals surface area contributed by atoms with E-state index in [9.17, 15) is 0 Å². The number of para-hydroxylation sites is 1. The lowest BCUT2D eigenvalue weighted by atomic mass is 10.3. The molecule has 24 heavy (non-hydrogen) atoms. The number of nitrogens with zero attached hydrogens (tertiary/aromatic N) is 3. The summed E-state index contributed by atoms with van der Waals surface area (Å²) in [5.41, 5.74) is 7.33. The van der Waals surface area contributed by atoms with E-state index in [-0.39, 0.29) is 5.95 Å². The fourth-order valence-electron chi connectivity index (χ4n) is 2.22. The number of fused-ring (bicyclic) bond motifs is 1. The van der Waals surface area contributed by atoms with E-state index in [4.69, 9.17) is 17.3 Å². The summed E-state index contributed by atoms with van der Waals surface area (Å²) in [5, 5.41) is 1.62. The van der Waals surface area contributed by atoms with Gasteiger partial charge in [-0.1, -0.05) is 17.7 Å². The second-order valence-electron chi connectivity index (χ2n) is 5.00. The number of hydrogen-bond donors (Lipinski definition) is 1. The molecule has 0 fully saturated rings. The molecule has 3 aromatic heterocycles. The maximum absolute atomic E-state index is 6.17. The standard InChI is InChI=1S/C17H11ClN4S2/c18-12-2-1-3-14-16(12)22-15(24-14)7-5-11-4-6-13(23-11)10-8-20-17(19)21-9-10/h1-9H,(H2,19,20,21). The van der Waals surface area contributed by atoms with Crippen molar-refractivity contribution in [2.75, 3.05) is 5.73 Å². The summed E-state index contributed by atoms with van der Waals surface area (Å²) in [7, 11) is 0. The van der Waals surface area contributed by atoms with Crippen LogP contribution in [0.25, 0.3) is 32.8 Å². The van der Waals surface area contributed by atoms with E-state index in [0.29, 0.717) is 5.02 Å². The first kappa shape index (κ1) is 15.3. The number of anilines is 1. The third kappa shape index (κ3) is 3.03. The summed E-state index contributed by atoms with van der Waals surface area (Å²) in [6, 6.07) is 9.94. The smallest absolute Gasteiger partial charge is 0.219 e. The Morgan fingerprint density at radius 3 is 2.62 bits per heavy atom. The van der Waals surface area contributed by atoms with Gasteiger partial charge in [0.05, 0.1) is 9.72 Å². The van der Waals surface area contributed by atoms with E-state index in [2.05, 4.69) is 33.2 Å². The molecule has 0 aliphatic carbocycles.